The van der Waals surface area contributed by atoms with E-state index in [1.807, 2.05) is 0 Å². The largest absolute Gasteiger partial charge is 0.508 e. The van der Waals surface area contributed by atoms with E-state index < -0.39 is 6.16 Å². The number of carbonyl (C=O) groups is 1. The Morgan fingerprint density at radius 3 is 2.71 bits per heavy atom. The van der Waals surface area contributed by atoms with Gasteiger partial charge in [-0.2, -0.15) is 0 Å². The van der Waals surface area contributed by atoms with Crippen LogP contribution in [0.25, 0.3) is 0 Å². The molecule has 17 heavy (non-hydrogen) atoms. The average molecular weight is 244 g/mol. The van der Waals surface area contributed by atoms with Crippen LogP contribution in [0.5, 0.6) is 0 Å². The second-order valence-electron chi connectivity index (χ2n) is 5.30. The summed E-state index contributed by atoms with van der Waals surface area (Å²) < 4.78 is 10.1. The molecule has 1 aliphatic rings. The molecular weight excluding hydrogens is 220 g/mol. The van der Waals surface area contributed by atoms with Crippen molar-refractivity contribution in [3.05, 3.63) is 0 Å². The van der Waals surface area contributed by atoms with Gasteiger partial charge in [-0.3, -0.25) is 0 Å². The topological polar surface area (TPSA) is 55.8 Å². The number of hydrogen-bond acceptors (Lipinski definition) is 4. The molecular formula is C13H24O4. The minimum absolute atomic E-state index is 0.00739. The smallest absolute Gasteiger partial charge is 0.432 e. The van der Waals surface area contributed by atoms with Crippen LogP contribution in [0.2, 0.25) is 0 Å². The van der Waals surface area contributed by atoms with E-state index >= 15 is 0 Å². The Kier molecular flexibility index (Phi) is 5.75. The van der Waals surface area contributed by atoms with Crippen molar-refractivity contribution in [2.45, 2.75) is 46.1 Å². The maximum Gasteiger partial charge on any atom is 0.508 e. The highest BCUT2D eigenvalue weighted by Crippen LogP contribution is 2.35. The quantitative estimate of drug-likeness (QED) is 0.772. The van der Waals surface area contributed by atoms with Crippen molar-refractivity contribution in [1.29, 1.82) is 0 Å². The monoisotopic (exact) mass is 244 g/mol. The molecule has 1 aliphatic carbocycles. The van der Waals surface area contributed by atoms with Crippen LogP contribution in [0.3, 0.4) is 0 Å². The van der Waals surface area contributed by atoms with Crippen LogP contribution in [0.4, 0.5) is 4.79 Å². The van der Waals surface area contributed by atoms with E-state index in [1.54, 1.807) is 0 Å². The van der Waals surface area contributed by atoms with Gasteiger partial charge in [0.15, 0.2) is 0 Å². The number of rotatable bonds is 4. The fourth-order valence-corrected chi connectivity index (χ4v) is 2.54. The summed E-state index contributed by atoms with van der Waals surface area (Å²) in [6, 6.07) is 0. The van der Waals surface area contributed by atoms with E-state index in [4.69, 9.17) is 14.6 Å². The van der Waals surface area contributed by atoms with E-state index in [9.17, 15) is 4.79 Å². The van der Waals surface area contributed by atoms with E-state index in [2.05, 4.69) is 20.8 Å². The molecule has 2 unspecified atom stereocenters. The van der Waals surface area contributed by atoms with E-state index in [1.165, 1.54) is 6.42 Å². The summed E-state index contributed by atoms with van der Waals surface area (Å²) in [6.07, 6.45) is 2.54. The summed E-state index contributed by atoms with van der Waals surface area (Å²) in [5.41, 5.74) is 0. The molecule has 0 aromatic heterocycles. The summed E-state index contributed by atoms with van der Waals surface area (Å²) in [6.45, 7) is 6.36. The number of aliphatic hydroxyl groups is 1. The Morgan fingerprint density at radius 1 is 1.41 bits per heavy atom. The van der Waals surface area contributed by atoms with Crippen LogP contribution in [0, 0.1) is 17.8 Å². The van der Waals surface area contributed by atoms with Gasteiger partial charge in [-0.25, -0.2) is 4.79 Å². The fraction of sp³-hybridized carbons (Fsp3) is 0.923. The van der Waals surface area contributed by atoms with Crippen molar-refractivity contribution >= 4 is 6.16 Å². The van der Waals surface area contributed by atoms with Gasteiger partial charge in [-0.05, 0) is 30.6 Å². The molecule has 0 bridgehead atoms. The fourth-order valence-electron chi connectivity index (χ4n) is 2.54. The third-order valence-corrected chi connectivity index (χ3v) is 3.52. The lowest BCUT2D eigenvalue weighted by atomic mass is 9.75. The second kappa shape index (κ2) is 6.84. The minimum atomic E-state index is -0.649. The SMILES string of the molecule is CC1CC[C@@H](C(C)C)C(OC(=O)OCCO)C1. The van der Waals surface area contributed by atoms with Crippen molar-refractivity contribution in [3.63, 3.8) is 0 Å². The molecule has 1 fully saturated rings. The summed E-state index contributed by atoms with van der Waals surface area (Å²) >= 11 is 0. The Balaban J connectivity index is 2.48. The highest BCUT2D eigenvalue weighted by molar-refractivity contribution is 5.60. The average Bonchev–Trinajstić information content (AvgIpc) is 2.26. The zero-order valence-corrected chi connectivity index (χ0v) is 11.0. The van der Waals surface area contributed by atoms with Gasteiger partial charge in [0.25, 0.3) is 0 Å². The lowest BCUT2D eigenvalue weighted by Crippen LogP contribution is -2.36. The predicted molar refractivity (Wildman–Crippen MR) is 64.6 cm³/mol. The van der Waals surface area contributed by atoms with Gasteiger partial charge in [-0.15, -0.1) is 0 Å². The first kappa shape index (κ1) is 14.3. The van der Waals surface area contributed by atoms with E-state index in [-0.39, 0.29) is 19.3 Å². The number of aliphatic hydroxyl groups excluding tert-OH is 1. The Bertz CT molecular complexity index is 240. The first-order valence-corrected chi connectivity index (χ1v) is 6.48. The van der Waals surface area contributed by atoms with Crippen LogP contribution >= 0.6 is 0 Å². The molecule has 4 nitrogen and oxygen atoms in total. The molecule has 0 aromatic carbocycles. The summed E-state index contributed by atoms with van der Waals surface area (Å²) in [7, 11) is 0. The Hall–Kier alpha value is -0.770. The molecule has 0 spiro atoms. The van der Waals surface area contributed by atoms with Gasteiger partial charge in [0.1, 0.15) is 12.7 Å². The summed E-state index contributed by atoms with van der Waals surface area (Å²) in [5, 5.41) is 8.57. The minimum Gasteiger partial charge on any atom is -0.432 e. The van der Waals surface area contributed by atoms with Crippen molar-refractivity contribution < 1.29 is 19.4 Å². The molecule has 1 rings (SSSR count). The van der Waals surface area contributed by atoms with Gasteiger partial charge in [0, 0.05) is 0 Å². The molecule has 0 aliphatic heterocycles. The van der Waals surface area contributed by atoms with Gasteiger partial charge in [0.05, 0.1) is 6.61 Å². The molecule has 3 atom stereocenters. The van der Waals surface area contributed by atoms with E-state index in [0.717, 1.165) is 12.8 Å². The van der Waals surface area contributed by atoms with Crippen LogP contribution in [-0.4, -0.2) is 30.6 Å². The van der Waals surface area contributed by atoms with Crippen molar-refractivity contribution in [1.82, 2.24) is 0 Å². The molecule has 0 heterocycles. The van der Waals surface area contributed by atoms with E-state index in [0.29, 0.717) is 17.8 Å². The summed E-state index contributed by atoms with van der Waals surface area (Å²) in [4.78, 5) is 11.4. The second-order valence-corrected chi connectivity index (χ2v) is 5.30. The number of carbonyl (C=O) groups excluding carboxylic acids is 1. The van der Waals surface area contributed by atoms with Crippen molar-refractivity contribution in [2.75, 3.05) is 13.2 Å². The lowest BCUT2D eigenvalue weighted by Gasteiger charge is -2.36. The van der Waals surface area contributed by atoms with Crippen LogP contribution in [0.15, 0.2) is 0 Å². The third kappa shape index (κ3) is 4.54. The standard InChI is InChI=1S/C13H24O4/c1-9(2)11-5-4-10(3)8-12(11)17-13(15)16-7-6-14/h9-12,14H,4-8H2,1-3H3/t10?,11-,12?/m0/s1. The number of ether oxygens (including phenoxy) is 2. The van der Waals surface area contributed by atoms with Crippen LogP contribution in [0.1, 0.15) is 40.0 Å². The zero-order chi connectivity index (χ0) is 12.8. The molecule has 0 aromatic rings. The molecule has 100 valence electrons. The first-order valence-electron chi connectivity index (χ1n) is 6.48. The molecule has 4 heteroatoms. The van der Waals surface area contributed by atoms with Crippen LogP contribution < -0.4 is 0 Å². The van der Waals surface area contributed by atoms with Gasteiger partial charge in [0.2, 0.25) is 0 Å². The Labute approximate surface area is 103 Å². The summed E-state index contributed by atoms with van der Waals surface area (Å²) in [5.74, 6) is 1.53. The van der Waals surface area contributed by atoms with Gasteiger partial charge < -0.3 is 14.6 Å². The first-order chi connectivity index (χ1) is 8.04. The molecule has 0 radical (unpaired) electrons. The molecule has 0 amide bonds. The number of hydrogen-bond donors (Lipinski definition) is 1. The lowest BCUT2D eigenvalue weighted by molar-refractivity contribution is -0.0351. The molecule has 1 N–H and O–H groups in total. The molecule has 0 saturated heterocycles. The normalized spacial score (nSPS) is 29.1. The maximum absolute atomic E-state index is 11.4. The Morgan fingerprint density at radius 2 is 2.12 bits per heavy atom. The third-order valence-electron chi connectivity index (χ3n) is 3.52. The van der Waals surface area contributed by atoms with Crippen molar-refractivity contribution in [2.24, 2.45) is 17.8 Å². The highest BCUT2D eigenvalue weighted by Gasteiger charge is 2.33. The van der Waals surface area contributed by atoms with Gasteiger partial charge in [-0.1, -0.05) is 27.2 Å². The van der Waals surface area contributed by atoms with Crippen molar-refractivity contribution in [3.8, 4) is 0 Å². The van der Waals surface area contributed by atoms with Crippen LogP contribution in [-0.2, 0) is 9.47 Å². The van der Waals surface area contributed by atoms with Gasteiger partial charge >= 0.3 is 6.16 Å². The zero-order valence-electron chi connectivity index (χ0n) is 11.0. The molecule has 1 saturated carbocycles. The maximum atomic E-state index is 11.4. The predicted octanol–water partition coefficient (Wildman–Crippen LogP) is 2.59. The highest BCUT2D eigenvalue weighted by atomic mass is 16.7.